The van der Waals surface area contributed by atoms with Crippen molar-refractivity contribution in [3.05, 3.63) is 46.8 Å². The molecule has 6 heteroatoms. The third kappa shape index (κ3) is 3.61. The summed E-state index contributed by atoms with van der Waals surface area (Å²) in [6.07, 6.45) is 5.10. The monoisotopic (exact) mass is 311 g/mol. The maximum Gasteiger partial charge on any atom is 0.333 e. The van der Waals surface area contributed by atoms with Gasteiger partial charge >= 0.3 is 5.97 Å². The summed E-state index contributed by atoms with van der Waals surface area (Å²) in [5.41, 5.74) is 0.294. The standard InChI is InChI=1S/C15H15ClFNO3/c1-21-15(20)13(10-6-7-11(16)12(17)8-10)18-14(19)9-4-2-3-5-9/h2-3,6-9,13H,4-5H2,1H3,(H,18,19). The molecule has 1 aliphatic carbocycles. The smallest absolute Gasteiger partial charge is 0.333 e. The van der Waals surface area contributed by atoms with Crippen LogP contribution in [0.4, 0.5) is 4.39 Å². The summed E-state index contributed by atoms with van der Waals surface area (Å²) >= 11 is 5.62. The number of rotatable bonds is 4. The number of esters is 1. The Bertz CT molecular complexity index is 580. The highest BCUT2D eigenvalue weighted by Gasteiger charge is 2.28. The molecule has 0 aliphatic heterocycles. The van der Waals surface area contributed by atoms with Crippen molar-refractivity contribution in [2.45, 2.75) is 18.9 Å². The van der Waals surface area contributed by atoms with E-state index in [9.17, 15) is 14.0 Å². The topological polar surface area (TPSA) is 55.4 Å². The molecule has 4 nitrogen and oxygen atoms in total. The van der Waals surface area contributed by atoms with E-state index in [2.05, 4.69) is 10.1 Å². The van der Waals surface area contributed by atoms with Crippen molar-refractivity contribution in [2.75, 3.05) is 7.11 Å². The van der Waals surface area contributed by atoms with Gasteiger partial charge in [0.05, 0.1) is 12.1 Å². The average molecular weight is 312 g/mol. The fraction of sp³-hybridized carbons (Fsp3) is 0.333. The number of halogens is 2. The van der Waals surface area contributed by atoms with Crippen LogP contribution in [0.3, 0.4) is 0 Å². The first-order valence-electron chi connectivity index (χ1n) is 6.51. The molecule has 1 aliphatic rings. The number of benzene rings is 1. The molecule has 1 unspecified atom stereocenters. The van der Waals surface area contributed by atoms with Crippen LogP contribution in [-0.2, 0) is 14.3 Å². The molecule has 1 amide bonds. The van der Waals surface area contributed by atoms with Crippen LogP contribution in [0, 0.1) is 11.7 Å². The largest absolute Gasteiger partial charge is 0.467 e. The zero-order valence-electron chi connectivity index (χ0n) is 11.4. The Hall–Kier alpha value is -1.88. The van der Waals surface area contributed by atoms with E-state index in [0.29, 0.717) is 18.4 Å². The van der Waals surface area contributed by atoms with Crippen LogP contribution in [0.5, 0.6) is 0 Å². The first kappa shape index (κ1) is 15.5. The minimum Gasteiger partial charge on any atom is -0.467 e. The molecule has 0 fully saturated rings. The number of hydrogen-bond acceptors (Lipinski definition) is 3. The van der Waals surface area contributed by atoms with Crippen LogP contribution >= 0.6 is 11.6 Å². The van der Waals surface area contributed by atoms with E-state index in [-0.39, 0.29) is 16.8 Å². The summed E-state index contributed by atoms with van der Waals surface area (Å²) in [5.74, 6) is -1.77. The maximum absolute atomic E-state index is 13.5. The molecule has 112 valence electrons. The lowest BCUT2D eigenvalue weighted by molar-refractivity contribution is -0.145. The average Bonchev–Trinajstić information content (AvgIpc) is 3.01. The van der Waals surface area contributed by atoms with Gasteiger partial charge in [-0.2, -0.15) is 0 Å². The highest BCUT2D eigenvalue weighted by atomic mass is 35.5. The van der Waals surface area contributed by atoms with Crippen LogP contribution in [0.1, 0.15) is 24.4 Å². The molecule has 0 bridgehead atoms. The number of amides is 1. The Morgan fingerprint density at radius 3 is 2.62 bits per heavy atom. The van der Waals surface area contributed by atoms with E-state index in [4.69, 9.17) is 11.6 Å². The minimum absolute atomic E-state index is 0.0475. The van der Waals surface area contributed by atoms with E-state index in [1.54, 1.807) is 0 Å². The molecule has 1 atom stereocenters. The van der Waals surface area contributed by atoms with Gasteiger partial charge in [0, 0.05) is 5.92 Å². The van der Waals surface area contributed by atoms with E-state index in [1.165, 1.54) is 19.2 Å². The van der Waals surface area contributed by atoms with E-state index >= 15 is 0 Å². The Kier molecular flexibility index (Phi) is 4.96. The number of carbonyl (C=O) groups is 2. The van der Waals surface area contributed by atoms with E-state index < -0.39 is 17.8 Å². The molecule has 21 heavy (non-hydrogen) atoms. The van der Waals surface area contributed by atoms with Gasteiger partial charge < -0.3 is 10.1 Å². The third-order valence-corrected chi connectivity index (χ3v) is 3.69. The summed E-state index contributed by atoms with van der Waals surface area (Å²) in [4.78, 5) is 24.0. The fourth-order valence-electron chi connectivity index (χ4n) is 2.18. The molecule has 0 radical (unpaired) electrons. The number of ether oxygens (including phenoxy) is 1. The minimum atomic E-state index is -1.05. The van der Waals surface area contributed by atoms with Gasteiger partial charge in [0.2, 0.25) is 5.91 Å². The van der Waals surface area contributed by atoms with Crippen molar-refractivity contribution in [3.63, 3.8) is 0 Å². The van der Waals surface area contributed by atoms with Crippen LogP contribution in [-0.4, -0.2) is 19.0 Å². The maximum atomic E-state index is 13.5. The van der Waals surface area contributed by atoms with Gasteiger partial charge in [-0.1, -0.05) is 29.8 Å². The van der Waals surface area contributed by atoms with Gasteiger partial charge in [-0.3, -0.25) is 4.79 Å². The molecule has 1 aromatic rings. The van der Waals surface area contributed by atoms with E-state index in [1.807, 2.05) is 12.2 Å². The third-order valence-electron chi connectivity index (χ3n) is 3.38. The van der Waals surface area contributed by atoms with E-state index in [0.717, 1.165) is 6.07 Å². The number of hydrogen-bond donors (Lipinski definition) is 1. The lowest BCUT2D eigenvalue weighted by atomic mass is 10.0. The molecule has 0 saturated heterocycles. The Labute approximate surface area is 126 Å². The zero-order valence-corrected chi connectivity index (χ0v) is 12.2. The SMILES string of the molecule is COC(=O)C(NC(=O)C1CC=CC1)c1ccc(Cl)c(F)c1. The number of allylic oxidation sites excluding steroid dienone is 2. The molecule has 0 aromatic heterocycles. The second-order valence-electron chi connectivity index (χ2n) is 4.78. The predicted molar refractivity (Wildman–Crippen MR) is 76.2 cm³/mol. The molecule has 0 saturated carbocycles. The highest BCUT2D eigenvalue weighted by molar-refractivity contribution is 6.30. The van der Waals surface area contributed by atoms with Crippen LogP contribution in [0.25, 0.3) is 0 Å². The molecular formula is C15H15ClFNO3. The summed E-state index contributed by atoms with van der Waals surface area (Å²) < 4.78 is 18.2. The second kappa shape index (κ2) is 6.72. The Morgan fingerprint density at radius 1 is 1.38 bits per heavy atom. The highest BCUT2D eigenvalue weighted by Crippen LogP contribution is 2.23. The van der Waals surface area contributed by atoms with Crippen molar-refractivity contribution < 1.29 is 18.7 Å². The van der Waals surface area contributed by atoms with Crippen molar-refractivity contribution in [3.8, 4) is 0 Å². The number of methoxy groups -OCH3 is 1. The van der Waals surface area contributed by atoms with Crippen LogP contribution < -0.4 is 5.32 Å². The summed E-state index contributed by atoms with van der Waals surface area (Å²) in [6.45, 7) is 0. The molecule has 0 spiro atoms. The normalized spacial score (nSPS) is 15.8. The second-order valence-corrected chi connectivity index (χ2v) is 5.19. The Morgan fingerprint density at radius 2 is 2.05 bits per heavy atom. The first-order chi connectivity index (χ1) is 10.0. The fourth-order valence-corrected chi connectivity index (χ4v) is 2.30. The van der Waals surface area contributed by atoms with Crippen molar-refractivity contribution in [1.82, 2.24) is 5.32 Å². The molecule has 0 heterocycles. The van der Waals surface area contributed by atoms with Crippen molar-refractivity contribution >= 4 is 23.5 Å². The lowest BCUT2D eigenvalue weighted by Crippen LogP contribution is -2.37. The van der Waals surface area contributed by atoms with Crippen molar-refractivity contribution in [1.29, 1.82) is 0 Å². The van der Waals surface area contributed by atoms with Crippen LogP contribution in [0.2, 0.25) is 5.02 Å². The van der Waals surface area contributed by atoms with Gasteiger partial charge in [0.1, 0.15) is 5.82 Å². The summed E-state index contributed by atoms with van der Waals surface area (Å²) in [5, 5.41) is 2.56. The van der Waals surface area contributed by atoms with Gasteiger partial charge in [-0.15, -0.1) is 0 Å². The van der Waals surface area contributed by atoms with Gasteiger partial charge in [-0.25, -0.2) is 9.18 Å². The molecule has 1 N–H and O–H groups in total. The lowest BCUT2D eigenvalue weighted by Gasteiger charge is -2.19. The molecule has 2 rings (SSSR count). The molecule has 1 aromatic carbocycles. The zero-order chi connectivity index (χ0) is 15.4. The Balaban J connectivity index is 2.19. The van der Waals surface area contributed by atoms with Gasteiger partial charge in [-0.05, 0) is 30.5 Å². The number of carbonyl (C=O) groups excluding carboxylic acids is 2. The quantitative estimate of drug-likeness (QED) is 0.687. The molecular weight excluding hydrogens is 297 g/mol. The van der Waals surface area contributed by atoms with Crippen molar-refractivity contribution in [2.24, 2.45) is 5.92 Å². The van der Waals surface area contributed by atoms with Gasteiger partial charge in [0.15, 0.2) is 6.04 Å². The summed E-state index contributed by atoms with van der Waals surface area (Å²) in [7, 11) is 1.21. The first-order valence-corrected chi connectivity index (χ1v) is 6.89. The van der Waals surface area contributed by atoms with Gasteiger partial charge in [0.25, 0.3) is 0 Å². The summed E-state index contributed by atoms with van der Waals surface area (Å²) in [6, 6.07) is 2.90. The number of nitrogens with one attached hydrogen (secondary N) is 1. The predicted octanol–water partition coefficient (Wildman–Crippen LogP) is 2.78. The van der Waals surface area contributed by atoms with Crippen LogP contribution in [0.15, 0.2) is 30.4 Å².